The first-order valence-electron chi connectivity index (χ1n) is 4.96. The number of rotatable bonds is 5. The Morgan fingerprint density at radius 1 is 1.21 bits per heavy atom. The normalized spacial score (nSPS) is 10.6. The maximum absolute atomic E-state index is 5.57. The highest BCUT2D eigenvalue weighted by molar-refractivity contribution is 5.23. The summed E-state index contributed by atoms with van der Waals surface area (Å²) in [4.78, 5) is 0. The van der Waals surface area contributed by atoms with E-state index in [0.717, 1.165) is 5.56 Å². The molecule has 1 aromatic rings. The monoisotopic (exact) mass is 193 g/mol. The van der Waals surface area contributed by atoms with Gasteiger partial charge in [-0.1, -0.05) is 6.07 Å². The molecule has 78 valence electrons. The quantitative estimate of drug-likeness (QED) is 0.669. The fourth-order valence-electron chi connectivity index (χ4n) is 1.10. The zero-order valence-electron chi connectivity index (χ0n) is 8.99. The smallest absolute Gasteiger partial charge is 0.0736 e. The molecule has 0 atom stereocenters. The van der Waals surface area contributed by atoms with Gasteiger partial charge in [-0.2, -0.15) is 12.1 Å². The molecule has 0 saturated heterocycles. The van der Waals surface area contributed by atoms with Crippen LogP contribution in [0.4, 0.5) is 0 Å². The van der Waals surface area contributed by atoms with Crippen LogP contribution in [0.5, 0.6) is 0 Å². The molecule has 0 aliphatic rings. The van der Waals surface area contributed by atoms with Crippen LogP contribution in [0.25, 0.3) is 0 Å². The summed E-state index contributed by atoms with van der Waals surface area (Å²) < 4.78 is 11.0. The maximum Gasteiger partial charge on any atom is 0.0736 e. The van der Waals surface area contributed by atoms with Crippen LogP contribution in [0, 0.1) is 6.29 Å². The summed E-state index contributed by atoms with van der Waals surface area (Å²) in [7, 11) is 0. The van der Waals surface area contributed by atoms with Gasteiger partial charge in [0.1, 0.15) is 0 Å². The van der Waals surface area contributed by atoms with Crippen LogP contribution in [-0.4, -0.2) is 12.7 Å². The van der Waals surface area contributed by atoms with Gasteiger partial charge in [-0.3, -0.25) is 0 Å². The van der Waals surface area contributed by atoms with Gasteiger partial charge in [0.05, 0.1) is 6.29 Å². The Morgan fingerprint density at radius 3 is 2.36 bits per heavy atom. The van der Waals surface area contributed by atoms with E-state index in [0.29, 0.717) is 12.9 Å². The minimum absolute atomic E-state index is 0.136. The van der Waals surface area contributed by atoms with Crippen molar-refractivity contribution in [3.05, 3.63) is 42.2 Å². The number of hydrogen-bond acceptors (Lipinski definition) is 2. The number of hydrogen-bond donors (Lipinski definition) is 0. The average Bonchev–Trinajstić information content (AvgIpc) is 2.18. The maximum atomic E-state index is 5.57. The lowest BCUT2D eigenvalue weighted by molar-refractivity contribution is -0.0474. The van der Waals surface area contributed by atoms with Crippen molar-refractivity contribution in [1.82, 2.24) is 0 Å². The lowest BCUT2D eigenvalue weighted by Gasteiger charge is -2.27. The lowest BCUT2D eigenvalue weighted by Crippen LogP contribution is -2.14. The number of benzene rings is 1. The van der Waals surface area contributed by atoms with Crippen LogP contribution in [0.3, 0.4) is 0 Å². The van der Waals surface area contributed by atoms with Crippen molar-refractivity contribution in [3.8, 4) is 0 Å². The van der Waals surface area contributed by atoms with Crippen LogP contribution >= 0.6 is 0 Å². The fraction of sp³-hybridized carbons (Fsp3) is 0.417. The summed E-state index contributed by atoms with van der Waals surface area (Å²) >= 11 is 0. The van der Waals surface area contributed by atoms with E-state index < -0.39 is 0 Å². The van der Waals surface area contributed by atoms with E-state index in [4.69, 9.17) is 9.47 Å². The van der Waals surface area contributed by atoms with Crippen LogP contribution in [0.15, 0.2) is 30.3 Å². The van der Waals surface area contributed by atoms with Crippen molar-refractivity contribution in [2.45, 2.75) is 26.9 Å². The zero-order chi connectivity index (χ0) is 10.4. The van der Waals surface area contributed by atoms with Crippen molar-refractivity contribution in [2.75, 3.05) is 6.61 Å². The summed E-state index contributed by atoms with van der Waals surface area (Å²) in [5.74, 6) is 0. The third kappa shape index (κ3) is 3.40. The molecule has 0 amide bonds. The van der Waals surface area contributed by atoms with Crippen LogP contribution in [0.1, 0.15) is 26.3 Å². The van der Waals surface area contributed by atoms with Crippen LogP contribution in [0.2, 0.25) is 0 Å². The molecule has 0 unspecified atom stereocenters. The molecule has 14 heavy (non-hydrogen) atoms. The summed E-state index contributed by atoms with van der Waals surface area (Å²) in [6, 6.07) is 9.87. The minimum atomic E-state index is 0.136. The second-order valence-corrected chi connectivity index (χ2v) is 3.25. The SMILES string of the molecule is CCO[C-](OC(C)C)c1ccccc1. The highest BCUT2D eigenvalue weighted by atomic mass is 16.7. The van der Waals surface area contributed by atoms with E-state index in [-0.39, 0.29) is 6.10 Å². The van der Waals surface area contributed by atoms with Gasteiger partial charge in [-0.25, -0.2) is 0 Å². The van der Waals surface area contributed by atoms with Crippen LogP contribution < -0.4 is 0 Å². The van der Waals surface area contributed by atoms with Crippen molar-refractivity contribution in [1.29, 1.82) is 0 Å². The average molecular weight is 193 g/mol. The Bertz CT molecular complexity index is 244. The molecule has 2 heteroatoms. The minimum Gasteiger partial charge on any atom is -0.385 e. The lowest BCUT2D eigenvalue weighted by atomic mass is 10.2. The van der Waals surface area contributed by atoms with Gasteiger partial charge in [0.15, 0.2) is 0 Å². The van der Waals surface area contributed by atoms with E-state index in [9.17, 15) is 0 Å². The third-order valence-electron chi connectivity index (χ3n) is 1.63. The van der Waals surface area contributed by atoms with E-state index in [1.165, 1.54) is 0 Å². The van der Waals surface area contributed by atoms with Crippen molar-refractivity contribution < 1.29 is 9.47 Å². The topological polar surface area (TPSA) is 18.5 Å². The summed E-state index contributed by atoms with van der Waals surface area (Å²) in [5.41, 5.74) is 0.989. The molecule has 0 radical (unpaired) electrons. The van der Waals surface area contributed by atoms with Crippen molar-refractivity contribution >= 4 is 0 Å². The highest BCUT2D eigenvalue weighted by Crippen LogP contribution is 2.18. The standard InChI is InChI=1S/C12H17O2/c1-4-13-12(14-10(2)3)11-8-6-5-7-9-11/h5-10H,4H2,1-3H3/q-1. The molecule has 0 heterocycles. The molecule has 0 aliphatic heterocycles. The molecule has 1 rings (SSSR count). The predicted molar refractivity (Wildman–Crippen MR) is 56.6 cm³/mol. The Balaban J connectivity index is 2.67. The van der Waals surface area contributed by atoms with Gasteiger partial charge < -0.3 is 9.47 Å². The van der Waals surface area contributed by atoms with E-state index in [2.05, 4.69) is 0 Å². The van der Waals surface area contributed by atoms with E-state index in [1.807, 2.05) is 51.1 Å². The molecule has 0 aromatic heterocycles. The third-order valence-corrected chi connectivity index (χ3v) is 1.63. The largest absolute Gasteiger partial charge is 0.385 e. The fourth-order valence-corrected chi connectivity index (χ4v) is 1.10. The first-order chi connectivity index (χ1) is 6.74. The van der Waals surface area contributed by atoms with E-state index >= 15 is 0 Å². The van der Waals surface area contributed by atoms with Gasteiger partial charge in [-0.15, -0.1) is 17.7 Å². The molecule has 0 N–H and O–H groups in total. The molecule has 0 saturated carbocycles. The first kappa shape index (κ1) is 11.1. The summed E-state index contributed by atoms with van der Waals surface area (Å²) in [6.45, 7) is 6.55. The molecule has 2 nitrogen and oxygen atoms in total. The van der Waals surface area contributed by atoms with Gasteiger partial charge in [0.2, 0.25) is 0 Å². The van der Waals surface area contributed by atoms with Crippen molar-refractivity contribution in [3.63, 3.8) is 0 Å². The summed E-state index contributed by atoms with van der Waals surface area (Å²) in [5, 5.41) is 0. The molecule has 0 aliphatic carbocycles. The first-order valence-corrected chi connectivity index (χ1v) is 4.96. The Kier molecular flexibility index (Phi) is 4.50. The van der Waals surface area contributed by atoms with Gasteiger partial charge >= 0.3 is 0 Å². The molecule has 1 aromatic carbocycles. The second kappa shape index (κ2) is 5.68. The predicted octanol–water partition coefficient (Wildman–Crippen LogP) is 2.99. The molecular formula is C12H17O2-. The molecular weight excluding hydrogens is 176 g/mol. The summed E-state index contributed by atoms with van der Waals surface area (Å²) in [6.07, 6.45) is 0.750. The van der Waals surface area contributed by atoms with Crippen LogP contribution in [-0.2, 0) is 9.47 Å². The molecule has 0 spiro atoms. The Labute approximate surface area is 85.8 Å². The highest BCUT2D eigenvalue weighted by Gasteiger charge is 2.04. The van der Waals surface area contributed by atoms with Crippen molar-refractivity contribution in [2.24, 2.45) is 0 Å². The number of ether oxygens (including phenoxy) is 2. The zero-order valence-corrected chi connectivity index (χ0v) is 8.99. The van der Waals surface area contributed by atoms with Gasteiger partial charge in [0, 0.05) is 12.7 Å². The van der Waals surface area contributed by atoms with Gasteiger partial charge in [-0.05, 0) is 20.8 Å². The molecule has 0 fully saturated rings. The second-order valence-electron chi connectivity index (χ2n) is 3.25. The molecule has 0 bridgehead atoms. The van der Waals surface area contributed by atoms with E-state index in [1.54, 1.807) is 0 Å². The Morgan fingerprint density at radius 2 is 1.86 bits per heavy atom. The van der Waals surface area contributed by atoms with Gasteiger partial charge in [0.25, 0.3) is 0 Å². The Hall–Kier alpha value is -0.990.